The quantitative estimate of drug-likeness (QED) is 0.917. The van der Waals surface area contributed by atoms with Crippen LogP contribution in [0, 0.1) is 5.82 Å². The van der Waals surface area contributed by atoms with Crippen molar-refractivity contribution in [1.29, 1.82) is 0 Å². The van der Waals surface area contributed by atoms with Crippen LogP contribution in [0.3, 0.4) is 0 Å². The van der Waals surface area contributed by atoms with Crippen molar-refractivity contribution in [3.05, 3.63) is 65.0 Å². The highest BCUT2D eigenvalue weighted by molar-refractivity contribution is 5.42. The molecule has 3 rings (SSSR count). The molecule has 3 heteroatoms. The highest BCUT2D eigenvalue weighted by Crippen LogP contribution is 2.41. The van der Waals surface area contributed by atoms with Crippen molar-refractivity contribution >= 4 is 0 Å². The molecule has 20 heavy (non-hydrogen) atoms. The maximum absolute atomic E-state index is 13.4. The Morgan fingerprint density at radius 1 is 1.20 bits per heavy atom. The lowest BCUT2D eigenvalue weighted by Crippen LogP contribution is -2.03. The van der Waals surface area contributed by atoms with E-state index in [9.17, 15) is 9.50 Å². The third kappa shape index (κ3) is 2.54. The molecule has 0 amide bonds. The number of halogens is 1. The molecule has 1 aliphatic rings. The SMILES string of the molecule is COc1ccc(F)cc1C(O)c1cccc(C2CC2)c1. The van der Waals surface area contributed by atoms with Gasteiger partial charge in [0.2, 0.25) is 0 Å². The van der Waals surface area contributed by atoms with Gasteiger partial charge in [-0.3, -0.25) is 0 Å². The molecule has 1 fully saturated rings. The first-order chi connectivity index (χ1) is 9.69. The molecule has 2 aromatic rings. The summed E-state index contributed by atoms with van der Waals surface area (Å²) in [5.74, 6) is 0.741. The van der Waals surface area contributed by atoms with Gasteiger partial charge in [-0.2, -0.15) is 0 Å². The van der Waals surface area contributed by atoms with Crippen LogP contribution in [0.4, 0.5) is 4.39 Å². The molecule has 0 spiro atoms. The Labute approximate surface area is 117 Å². The van der Waals surface area contributed by atoms with Crippen molar-refractivity contribution in [1.82, 2.24) is 0 Å². The van der Waals surface area contributed by atoms with E-state index in [2.05, 4.69) is 6.07 Å². The smallest absolute Gasteiger partial charge is 0.125 e. The van der Waals surface area contributed by atoms with Gasteiger partial charge in [0.1, 0.15) is 17.7 Å². The van der Waals surface area contributed by atoms with E-state index in [0.29, 0.717) is 17.2 Å². The number of hydrogen-bond acceptors (Lipinski definition) is 2. The van der Waals surface area contributed by atoms with Gasteiger partial charge >= 0.3 is 0 Å². The third-order valence-corrected chi connectivity index (χ3v) is 3.76. The van der Waals surface area contributed by atoms with Gasteiger partial charge in [-0.05, 0) is 48.1 Å². The molecular weight excluding hydrogens is 255 g/mol. The van der Waals surface area contributed by atoms with Gasteiger partial charge < -0.3 is 9.84 Å². The Bertz CT molecular complexity index is 620. The van der Waals surface area contributed by atoms with Gasteiger partial charge in [-0.25, -0.2) is 4.39 Å². The van der Waals surface area contributed by atoms with E-state index in [1.165, 1.54) is 37.6 Å². The van der Waals surface area contributed by atoms with Crippen LogP contribution in [0.25, 0.3) is 0 Å². The zero-order valence-corrected chi connectivity index (χ0v) is 11.3. The number of benzene rings is 2. The Kier molecular flexibility index (Phi) is 3.45. The number of aliphatic hydroxyl groups is 1. The van der Waals surface area contributed by atoms with Crippen molar-refractivity contribution in [3.63, 3.8) is 0 Å². The van der Waals surface area contributed by atoms with Gasteiger partial charge in [0.05, 0.1) is 7.11 Å². The van der Waals surface area contributed by atoms with Gasteiger partial charge in [0, 0.05) is 5.56 Å². The molecular formula is C17H17FO2. The fourth-order valence-corrected chi connectivity index (χ4v) is 2.50. The number of rotatable bonds is 4. The molecule has 2 nitrogen and oxygen atoms in total. The highest BCUT2D eigenvalue weighted by Gasteiger charge is 2.24. The monoisotopic (exact) mass is 272 g/mol. The van der Waals surface area contributed by atoms with Crippen molar-refractivity contribution < 1.29 is 14.2 Å². The van der Waals surface area contributed by atoms with E-state index < -0.39 is 6.10 Å². The highest BCUT2D eigenvalue weighted by atomic mass is 19.1. The molecule has 0 aromatic heterocycles. The maximum Gasteiger partial charge on any atom is 0.125 e. The van der Waals surface area contributed by atoms with Crippen LogP contribution >= 0.6 is 0 Å². The van der Waals surface area contributed by atoms with Crippen LogP contribution in [0.2, 0.25) is 0 Å². The number of methoxy groups -OCH3 is 1. The van der Waals surface area contributed by atoms with Crippen LogP contribution in [-0.2, 0) is 0 Å². The van der Waals surface area contributed by atoms with Crippen molar-refractivity contribution in [2.45, 2.75) is 24.9 Å². The number of ether oxygens (including phenoxy) is 1. The first kappa shape index (κ1) is 13.1. The van der Waals surface area contributed by atoms with Crippen LogP contribution in [0.1, 0.15) is 41.6 Å². The molecule has 1 unspecified atom stereocenters. The zero-order valence-electron chi connectivity index (χ0n) is 11.3. The summed E-state index contributed by atoms with van der Waals surface area (Å²) in [5, 5.41) is 10.5. The van der Waals surface area contributed by atoms with Gasteiger partial charge in [0.15, 0.2) is 0 Å². The average Bonchev–Trinajstić information content (AvgIpc) is 3.31. The second kappa shape index (κ2) is 5.25. The first-order valence-electron chi connectivity index (χ1n) is 6.80. The summed E-state index contributed by atoms with van der Waals surface area (Å²) in [4.78, 5) is 0. The molecule has 0 radical (unpaired) electrons. The topological polar surface area (TPSA) is 29.5 Å². The van der Waals surface area contributed by atoms with Crippen molar-refractivity contribution in [3.8, 4) is 5.75 Å². The minimum absolute atomic E-state index is 0.377. The first-order valence-corrected chi connectivity index (χ1v) is 6.80. The summed E-state index contributed by atoms with van der Waals surface area (Å²) in [6.07, 6.45) is 1.55. The lowest BCUT2D eigenvalue weighted by Gasteiger charge is -2.16. The van der Waals surface area contributed by atoms with E-state index in [1.807, 2.05) is 18.2 Å². The summed E-state index contributed by atoms with van der Waals surface area (Å²) in [7, 11) is 1.52. The molecule has 104 valence electrons. The molecule has 0 bridgehead atoms. The standard InChI is InChI=1S/C17H17FO2/c1-20-16-8-7-14(18)10-15(16)17(19)13-4-2-3-12(9-13)11-5-6-11/h2-4,7-11,17,19H,5-6H2,1H3. The fraction of sp³-hybridized carbons (Fsp3) is 0.294. The van der Waals surface area contributed by atoms with Crippen LogP contribution in [0.15, 0.2) is 42.5 Å². The summed E-state index contributed by atoms with van der Waals surface area (Å²) < 4.78 is 18.6. The fourth-order valence-electron chi connectivity index (χ4n) is 2.50. The lowest BCUT2D eigenvalue weighted by molar-refractivity contribution is 0.214. The van der Waals surface area contributed by atoms with Crippen LogP contribution < -0.4 is 4.74 Å². The molecule has 0 saturated heterocycles. The Morgan fingerprint density at radius 3 is 2.70 bits per heavy atom. The predicted molar refractivity (Wildman–Crippen MR) is 75.4 cm³/mol. The van der Waals surface area contributed by atoms with Crippen molar-refractivity contribution in [2.24, 2.45) is 0 Å². The van der Waals surface area contributed by atoms with Crippen molar-refractivity contribution in [2.75, 3.05) is 7.11 Å². The summed E-state index contributed by atoms with van der Waals surface area (Å²) in [6, 6.07) is 12.1. The Hall–Kier alpha value is -1.87. The largest absolute Gasteiger partial charge is 0.496 e. The molecule has 1 aliphatic carbocycles. The van der Waals surface area contributed by atoms with E-state index >= 15 is 0 Å². The number of aliphatic hydroxyl groups excluding tert-OH is 1. The average molecular weight is 272 g/mol. The van der Waals surface area contributed by atoms with E-state index in [0.717, 1.165) is 5.56 Å². The molecule has 2 aromatic carbocycles. The second-order valence-electron chi connectivity index (χ2n) is 5.23. The van der Waals surface area contributed by atoms with E-state index in [4.69, 9.17) is 4.74 Å². The molecule has 0 aliphatic heterocycles. The van der Waals surface area contributed by atoms with Gasteiger partial charge in [-0.15, -0.1) is 0 Å². The maximum atomic E-state index is 13.4. The second-order valence-corrected chi connectivity index (χ2v) is 5.23. The minimum atomic E-state index is -0.876. The Morgan fingerprint density at radius 2 is 2.00 bits per heavy atom. The normalized spacial score (nSPS) is 15.9. The summed E-state index contributed by atoms with van der Waals surface area (Å²) in [6.45, 7) is 0. The molecule has 1 saturated carbocycles. The third-order valence-electron chi connectivity index (χ3n) is 3.76. The van der Waals surface area contributed by atoms with E-state index in [1.54, 1.807) is 6.07 Å². The van der Waals surface area contributed by atoms with Gasteiger partial charge in [-0.1, -0.05) is 24.3 Å². The summed E-state index contributed by atoms with van der Waals surface area (Å²) >= 11 is 0. The zero-order chi connectivity index (χ0) is 14.1. The van der Waals surface area contributed by atoms with Gasteiger partial charge in [0.25, 0.3) is 0 Å². The van der Waals surface area contributed by atoms with Crippen LogP contribution in [-0.4, -0.2) is 12.2 Å². The minimum Gasteiger partial charge on any atom is -0.496 e. The lowest BCUT2D eigenvalue weighted by atomic mass is 9.97. The molecule has 1 atom stereocenters. The molecule has 0 heterocycles. The van der Waals surface area contributed by atoms with Crippen LogP contribution in [0.5, 0.6) is 5.75 Å². The van der Waals surface area contributed by atoms with E-state index in [-0.39, 0.29) is 5.82 Å². The Balaban J connectivity index is 1.97. The molecule has 1 N–H and O–H groups in total. The predicted octanol–water partition coefficient (Wildman–Crippen LogP) is 3.79. The summed E-state index contributed by atoms with van der Waals surface area (Å²) in [5.41, 5.74) is 2.48. The number of hydrogen-bond donors (Lipinski definition) is 1.